The summed E-state index contributed by atoms with van der Waals surface area (Å²) >= 11 is 6.29. The predicted molar refractivity (Wildman–Crippen MR) is 99.9 cm³/mol. The molecule has 1 saturated heterocycles. The Bertz CT molecular complexity index is 880. The molecule has 1 fully saturated rings. The fraction of sp³-hybridized carbons (Fsp3) is 0.0556. The summed E-state index contributed by atoms with van der Waals surface area (Å²) in [6, 6.07) is 13.8. The van der Waals surface area contributed by atoms with E-state index < -0.39 is 17.9 Å². The number of benzene rings is 2. The van der Waals surface area contributed by atoms with Gasteiger partial charge in [0.25, 0.3) is 5.91 Å². The van der Waals surface area contributed by atoms with E-state index in [1.165, 1.54) is 12.1 Å². The van der Waals surface area contributed by atoms with E-state index in [2.05, 4.69) is 0 Å². The average Bonchev–Trinajstić information content (AvgIpc) is 2.84. The minimum absolute atomic E-state index is 0.0805. The van der Waals surface area contributed by atoms with Crippen molar-refractivity contribution in [2.45, 2.75) is 6.04 Å². The molecule has 1 unspecified atom stereocenters. The highest BCUT2D eigenvalue weighted by Gasteiger charge is 2.41. The van der Waals surface area contributed by atoms with E-state index in [4.69, 9.17) is 12.2 Å². The molecule has 2 aromatic rings. The molecule has 1 amide bonds. The monoisotopic (exact) mass is 371 g/mol. The van der Waals surface area contributed by atoms with Crippen LogP contribution < -0.4 is 0 Å². The van der Waals surface area contributed by atoms with Crippen molar-refractivity contribution in [2.75, 3.05) is 0 Å². The maximum absolute atomic E-state index is 12.7. The summed E-state index contributed by atoms with van der Waals surface area (Å²) in [6.45, 7) is 0. The topological polar surface area (TPSA) is 77.8 Å². The van der Waals surface area contributed by atoms with Crippen LogP contribution in [0.2, 0.25) is 0 Å². The summed E-state index contributed by atoms with van der Waals surface area (Å²) in [5.74, 6) is -1.53. The van der Waals surface area contributed by atoms with Crippen LogP contribution in [0.1, 0.15) is 17.2 Å². The first-order chi connectivity index (χ1) is 12.0. The van der Waals surface area contributed by atoms with Crippen molar-refractivity contribution in [1.82, 2.24) is 4.90 Å². The molecule has 1 heterocycles. The van der Waals surface area contributed by atoms with E-state index in [0.29, 0.717) is 16.0 Å². The van der Waals surface area contributed by atoms with Crippen molar-refractivity contribution in [1.29, 1.82) is 0 Å². The van der Waals surface area contributed by atoms with Crippen molar-refractivity contribution in [2.24, 2.45) is 0 Å². The zero-order valence-corrected chi connectivity index (χ0v) is 14.5. The molecule has 2 aromatic carbocycles. The first-order valence-electron chi connectivity index (χ1n) is 7.31. The average molecular weight is 371 g/mol. The van der Waals surface area contributed by atoms with Gasteiger partial charge in [0.15, 0.2) is 6.04 Å². The van der Waals surface area contributed by atoms with Crippen LogP contribution in [0.4, 0.5) is 0 Å². The van der Waals surface area contributed by atoms with Gasteiger partial charge in [-0.2, -0.15) is 0 Å². The Labute approximate surface area is 153 Å². The van der Waals surface area contributed by atoms with Gasteiger partial charge >= 0.3 is 5.97 Å². The molecular weight excluding hydrogens is 358 g/mol. The number of phenolic OH excluding ortho intramolecular Hbond substituents is 1. The van der Waals surface area contributed by atoms with Crippen molar-refractivity contribution in [3.63, 3.8) is 0 Å². The molecule has 2 N–H and O–H groups in total. The number of carbonyl (C=O) groups is 2. The van der Waals surface area contributed by atoms with Crippen molar-refractivity contribution in [3.8, 4) is 5.75 Å². The summed E-state index contributed by atoms with van der Waals surface area (Å²) in [7, 11) is 0. The third-order valence-electron chi connectivity index (χ3n) is 3.60. The first-order valence-corrected chi connectivity index (χ1v) is 8.53. The number of carbonyl (C=O) groups excluding carboxylic acids is 1. The Hall–Kier alpha value is -2.64. The molecule has 7 heteroatoms. The number of carboxylic acids is 1. The number of hydrogen-bond acceptors (Lipinski definition) is 5. The summed E-state index contributed by atoms with van der Waals surface area (Å²) in [5, 5.41) is 19.2. The van der Waals surface area contributed by atoms with Crippen molar-refractivity contribution >= 4 is 46.3 Å². The molecule has 0 aromatic heterocycles. The number of nitrogens with zero attached hydrogens (tertiary/aromatic N) is 1. The lowest BCUT2D eigenvalue weighted by molar-refractivity contribution is -0.145. The maximum Gasteiger partial charge on any atom is 0.331 e. The van der Waals surface area contributed by atoms with Gasteiger partial charge in [-0.15, -0.1) is 0 Å². The largest absolute Gasteiger partial charge is 0.508 e. The summed E-state index contributed by atoms with van der Waals surface area (Å²) in [5.41, 5.74) is 1.11. The quantitative estimate of drug-likeness (QED) is 0.633. The minimum Gasteiger partial charge on any atom is -0.508 e. The second-order valence-electron chi connectivity index (χ2n) is 5.30. The molecule has 0 radical (unpaired) electrons. The number of thioether (sulfide) groups is 1. The number of aromatic hydroxyl groups is 1. The molecule has 1 aliphatic rings. The molecule has 1 aliphatic heterocycles. The van der Waals surface area contributed by atoms with Gasteiger partial charge in [-0.05, 0) is 29.3 Å². The highest BCUT2D eigenvalue weighted by atomic mass is 32.2. The molecule has 0 saturated carbocycles. The smallest absolute Gasteiger partial charge is 0.331 e. The number of hydrogen-bond donors (Lipinski definition) is 2. The number of thiocarbonyl (C=S) groups is 1. The second-order valence-corrected chi connectivity index (χ2v) is 6.97. The number of amides is 1. The third kappa shape index (κ3) is 3.57. The molecule has 0 bridgehead atoms. The lowest BCUT2D eigenvalue weighted by Crippen LogP contribution is -2.37. The van der Waals surface area contributed by atoms with Crippen LogP contribution in [0.25, 0.3) is 6.08 Å². The first kappa shape index (κ1) is 17.2. The van der Waals surface area contributed by atoms with Crippen LogP contribution in [-0.4, -0.2) is 31.3 Å². The number of rotatable bonds is 4. The molecule has 0 aliphatic carbocycles. The molecule has 3 rings (SSSR count). The van der Waals surface area contributed by atoms with Crippen LogP contribution in [0, 0.1) is 0 Å². The van der Waals surface area contributed by atoms with Crippen molar-refractivity contribution < 1.29 is 19.8 Å². The number of aliphatic carboxylic acids is 1. The van der Waals surface area contributed by atoms with E-state index in [9.17, 15) is 19.8 Å². The maximum atomic E-state index is 12.7. The normalized spacial score (nSPS) is 17.1. The van der Waals surface area contributed by atoms with Crippen LogP contribution in [0.3, 0.4) is 0 Å². The van der Waals surface area contributed by atoms with Crippen LogP contribution in [0.5, 0.6) is 5.75 Å². The Kier molecular flexibility index (Phi) is 4.87. The van der Waals surface area contributed by atoms with Gasteiger partial charge in [-0.3, -0.25) is 9.69 Å². The second kappa shape index (κ2) is 7.08. The van der Waals surface area contributed by atoms with E-state index in [1.807, 2.05) is 0 Å². The van der Waals surface area contributed by atoms with Crippen LogP contribution in [-0.2, 0) is 9.59 Å². The Morgan fingerprint density at radius 1 is 1.16 bits per heavy atom. The fourth-order valence-electron chi connectivity index (χ4n) is 2.51. The zero-order valence-electron chi connectivity index (χ0n) is 12.8. The van der Waals surface area contributed by atoms with Gasteiger partial charge < -0.3 is 10.2 Å². The van der Waals surface area contributed by atoms with Crippen molar-refractivity contribution in [3.05, 3.63) is 70.6 Å². The molecule has 1 atom stereocenters. The van der Waals surface area contributed by atoms with E-state index in [1.54, 1.807) is 48.5 Å². The highest BCUT2D eigenvalue weighted by Crippen LogP contribution is 2.38. The number of carboxylic acid groups (broad SMARTS) is 1. The van der Waals surface area contributed by atoms with Gasteiger partial charge in [0.05, 0.1) is 4.91 Å². The Morgan fingerprint density at radius 3 is 2.52 bits per heavy atom. The summed E-state index contributed by atoms with van der Waals surface area (Å²) < 4.78 is 0.188. The van der Waals surface area contributed by atoms with Gasteiger partial charge in [-0.1, -0.05) is 66.4 Å². The lowest BCUT2D eigenvalue weighted by Gasteiger charge is -2.23. The highest BCUT2D eigenvalue weighted by molar-refractivity contribution is 8.26. The van der Waals surface area contributed by atoms with E-state index >= 15 is 0 Å². The lowest BCUT2D eigenvalue weighted by atomic mass is 10.1. The fourth-order valence-corrected chi connectivity index (χ4v) is 3.82. The van der Waals surface area contributed by atoms with Gasteiger partial charge in [-0.25, -0.2) is 4.79 Å². The SMILES string of the molecule is O=C(O)C(c1ccccc1)N1C(=O)/C(=C\c2cccc(O)c2)SC1=S. The van der Waals surface area contributed by atoms with Crippen LogP contribution in [0.15, 0.2) is 59.5 Å². The Balaban J connectivity index is 1.96. The summed E-state index contributed by atoms with van der Waals surface area (Å²) in [6.07, 6.45) is 1.59. The van der Waals surface area contributed by atoms with Gasteiger partial charge in [0, 0.05) is 0 Å². The summed E-state index contributed by atoms with van der Waals surface area (Å²) in [4.78, 5) is 26.0. The molecule has 0 spiro atoms. The number of phenols is 1. The zero-order chi connectivity index (χ0) is 18.0. The van der Waals surface area contributed by atoms with E-state index in [-0.39, 0.29) is 10.1 Å². The molecule has 126 valence electrons. The standard InChI is InChI=1S/C18H13NO4S2/c20-13-8-4-5-11(9-13)10-14-16(21)19(18(24)25-14)15(17(22)23)12-6-2-1-3-7-12/h1-10,15,20H,(H,22,23)/b14-10+. The molecule has 25 heavy (non-hydrogen) atoms. The van der Waals surface area contributed by atoms with Gasteiger partial charge in [0.1, 0.15) is 10.1 Å². The minimum atomic E-state index is -1.18. The molecular formula is C18H13NO4S2. The third-order valence-corrected chi connectivity index (χ3v) is 4.93. The van der Waals surface area contributed by atoms with E-state index in [0.717, 1.165) is 16.7 Å². The predicted octanol–water partition coefficient (Wildman–Crippen LogP) is 3.42. The molecule has 5 nitrogen and oxygen atoms in total. The van der Waals surface area contributed by atoms with Crippen LogP contribution >= 0.6 is 24.0 Å². The van der Waals surface area contributed by atoms with Gasteiger partial charge in [0.2, 0.25) is 0 Å². The Morgan fingerprint density at radius 2 is 1.88 bits per heavy atom.